The lowest BCUT2D eigenvalue weighted by Gasteiger charge is -2.15. The molecular formula is C29H29ClO7. The molecule has 37 heavy (non-hydrogen) atoms. The minimum Gasteiger partial charge on any atom is -0.496 e. The lowest BCUT2D eigenvalue weighted by Crippen LogP contribution is -2.18. The number of methoxy groups -OCH3 is 3. The maximum absolute atomic E-state index is 12.9. The summed E-state index contributed by atoms with van der Waals surface area (Å²) in [7, 11) is 4.38. The summed E-state index contributed by atoms with van der Waals surface area (Å²) in [5.74, 6) is -1.38. The van der Waals surface area contributed by atoms with E-state index in [1.54, 1.807) is 36.4 Å². The highest BCUT2D eigenvalue weighted by Gasteiger charge is 2.24. The molecule has 0 aromatic heterocycles. The van der Waals surface area contributed by atoms with Crippen molar-refractivity contribution >= 4 is 29.1 Å². The second kappa shape index (κ2) is 12.9. The number of carbonyl (C=O) groups excluding carboxylic acids is 2. The van der Waals surface area contributed by atoms with E-state index in [1.807, 2.05) is 24.3 Å². The molecule has 3 aromatic rings. The van der Waals surface area contributed by atoms with Crippen molar-refractivity contribution in [1.82, 2.24) is 0 Å². The summed E-state index contributed by atoms with van der Waals surface area (Å²) in [4.78, 5) is 37.6. The monoisotopic (exact) mass is 524 g/mol. The number of carbonyl (C=O) groups is 3. The zero-order valence-corrected chi connectivity index (χ0v) is 21.7. The largest absolute Gasteiger partial charge is 0.496 e. The molecule has 0 aliphatic rings. The Hall–Kier alpha value is -3.84. The van der Waals surface area contributed by atoms with Gasteiger partial charge >= 0.3 is 5.97 Å². The summed E-state index contributed by atoms with van der Waals surface area (Å²) in [6.45, 7) is 0. The van der Waals surface area contributed by atoms with Crippen molar-refractivity contribution in [1.29, 1.82) is 0 Å². The van der Waals surface area contributed by atoms with Crippen molar-refractivity contribution < 1.29 is 33.7 Å². The second-order valence-electron chi connectivity index (χ2n) is 8.47. The molecule has 3 aromatic carbocycles. The van der Waals surface area contributed by atoms with E-state index in [0.717, 1.165) is 11.1 Å². The first-order valence-corrected chi connectivity index (χ1v) is 12.1. The van der Waals surface area contributed by atoms with Crippen LogP contribution in [0.4, 0.5) is 0 Å². The Morgan fingerprint density at radius 3 is 1.84 bits per heavy atom. The summed E-state index contributed by atoms with van der Waals surface area (Å²) < 4.78 is 15.9. The normalized spacial score (nSPS) is 11.5. The van der Waals surface area contributed by atoms with Gasteiger partial charge in [-0.1, -0.05) is 48.0 Å². The number of carboxylic acids is 1. The zero-order valence-electron chi connectivity index (χ0n) is 21.0. The van der Waals surface area contributed by atoms with Gasteiger partial charge in [-0.15, -0.1) is 0 Å². The molecule has 0 amide bonds. The number of halogens is 1. The van der Waals surface area contributed by atoms with Gasteiger partial charge in [0.1, 0.15) is 22.8 Å². The molecule has 0 aliphatic heterocycles. The molecule has 0 heterocycles. The van der Waals surface area contributed by atoms with Crippen LogP contribution in [-0.2, 0) is 4.79 Å². The quantitative estimate of drug-likeness (QED) is 0.260. The van der Waals surface area contributed by atoms with E-state index < -0.39 is 11.9 Å². The maximum Gasteiger partial charge on any atom is 0.306 e. The van der Waals surface area contributed by atoms with Crippen LogP contribution in [-0.4, -0.2) is 44.0 Å². The summed E-state index contributed by atoms with van der Waals surface area (Å²) in [6.07, 6.45) is 0.388. The highest BCUT2D eigenvalue weighted by molar-refractivity contribution is 6.30. The van der Waals surface area contributed by atoms with E-state index in [1.165, 1.54) is 21.3 Å². The fourth-order valence-corrected chi connectivity index (χ4v) is 4.19. The Morgan fingerprint density at radius 2 is 1.35 bits per heavy atom. The van der Waals surface area contributed by atoms with Crippen LogP contribution in [0.1, 0.15) is 46.4 Å². The number of carboxylic acid groups (broad SMARTS) is 1. The lowest BCUT2D eigenvalue weighted by molar-refractivity contribution is -0.141. The summed E-state index contributed by atoms with van der Waals surface area (Å²) in [6, 6.07) is 17.6. The Morgan fingerprint density at radius 1 is 0.811 bits per heavy atom. The third kappa shape index (κ3) is 7.11. The number of benzene rings is 3. The molecule has 1 N–H and O–H groups in total. The van der Waals surface area contributed by atoms with Crippen molar-refractivity contribution in [3.05, 3.63) is 76.8 Å². The van der Waals surface area contributed by atoms with Crippen LogP contribution < -0.4 is 14.2 Å². The molecule has 0 spiro atoms. The molecule has 194 valence electrons. The van der Waals surface area contributed by atoms with Crippen LogP contribution in [0.3, 0.4) is 0 Å². The van der Waals surface area contributed by atoms with Crippen LogP contribution >= 0.6 is 11.6 Å². The fraction of sp³-hybridized carbons (Fsp3) is 0.276. The molecule has 0 radical (unpaired) electrons. The summed E-state index contributed by atoms with van der Waals surface area (Å²) in [5, 5.41) is 10.3. The predicted octanol–water partition coefficient (Wildman–Crippen LogP) is 6.36. The molecule has 8 heteroatoms. The van der Waals surface area contributed by atoms with Crippen LogP contribution in [0, 0.1) is 5.92 Å². The Kier molecular flexibility index (Phi) is 9.69. The first-order chi connectivity index (χ1) is 17.8. The number of ether oxygens (including phenoxy) is 3. The number of rotatable bonds is 13. The highest BCUT2D eigenvalue weighted by atomic mass is 35.5. The Balaban J connectivity index is 1.62. The number of aliphatic carboxylic acids is 1. The SMILES string of the molecule is COc1cc(OC)c(C(=O)CCCC(CC(=O)c2ccc(-c3ccc(Cl)cc3)cc2)C(=O)O)c(OC)c1. The molecule has 3 rings (SSSR count). The molecule has 0 saturated heterocycles. The van der Waals surface area contributed by atoms with Gasteiger partial charge in [0.05, 0.1) is 27.2 Å². The van der Waals surface area contributed by atoms with Gasteiger partial charge < -0.3 is 19.3 Å². The topological polar surface area (TPSA) is 99.1 Å². The van der Waals surface area contributed by atoms with Gasteiger partial charge in [0, 0.05) is 35.6 Å². The van der Waals surface area contributed by atoms with Crippen LogP contribution in [0.25, 0.3) is 11.1 Å². The molecule has 0 aliphatic carbocycles. The van der Waals surface area contributed by atoms with Crippen molar-refractivity contribution in [3.8, 4) is 28.4 Å². The van der Waals surface area contributed by atoms with Crippen molar-refractivity contribution in [2.24, 2.45) is 5.92 Å². The maximum atomic E-state index is 12.9. The van der Waals surface area contributed by atoms with Gasteiger partial charge in [0.25, 0.3) is 0 Å². The number of ketones is 2. The van der Waals surface area contributed by atoms with E-state index in [2.05, 4.69) is 0 Å². The van der Waals surface area contributed by atoms with E-state index >= 15 is 0 Å². The number of Topliss-reactive ketones (excluding diaryl/α,β-unsaturated/α-hetero) is 2. The summed E-state index contributed by atoms with van der Waals surface area (Å²) in [5.41, 5.74) is 2.59. The average Bonchev–Trinajstić information content (AvgIpc) is 2.91. The Labute approximate surface area is 220 Å². The van der Waals surface area contributed by atoms with Crippen LogP contribution in [0.15, 0.2) is 60.7 Å². The van der Waals surface area contributed by atoms with Crippen molar-refractivity contribution in [2.45, 2.75) is 25.7 Å². The smallest absolute Gasteiger partial charge is 0.306 e. The number of hydrogen-bond acceptors (Lipinski definition) is 6. The molecule has 1 unspecified atom stereocenters. The fourth-order valence-electron chi connectivity index (χ4n) is 4.06. The van der Waals surface area contributed by atoms with Gasteiger partial charge in [0.2, 0.25) is 0 Å². The average molecular weight is 525 g/mol. The number of hydrogen-bond donors (Lipinski definition) is 1. The van der Waals surface area contributed by atoms with Gasteiger partial charge in [-0.3, -0.25) is 14.4 Å². The molecule has 1 atom stereocenters. The molecular weight excluding hydrogens is 496 g/mol. The third-order valence-corrected chi connectivity index (χ3v) is 6.37. The molecule has 0 bridgehead atoms. The lowest BCUT2D eigenvalue weighted by atomic mass is 9.92. The van der Waals surface area contributed by atoms with E-state index in [9.17, 15) is 19.5 Å². The van der Waals surface area contributed by atoms with Crippen LogP contribution in [0.5, 0.6) is 17.2 Å². The standard InChI is InChI=1S/C29H29ClO7/c1-35-23-16-26(36-2)28(27(17-23)37-3)24(31)6-4-5-21(29(33)34)15-25(32)20-9-7-18(8-10-20)19-11-13-22(30)14-12-19/h7-14,16-17,21H,4-6,15H2,1-3H3,(H,33,34). The minimum absolute atomic E-state index is 0.0762. The van der Waals surface area contributed by atoms with Gasteiger partial charge in [-0.25, -0.2) is 0 Å². The molecule has 7 nitrogen and oxygen atoms in total. The van der Waals surface area contributed by atoms with E-state index in [0.29, 0.717) is 27.8 Å². The molecule has 0 fully saturated rings. The van der Waals surface area contributed by atoms with Crippen LogP contribution in [0.2, 0.25) is 5.02 Å². The first kappa shape index (κ1) is 27.7. The van der Waals surface area contributed by atoms with E-state index in [4.69, 9.17) is 25.8 Å². The van der Waals surface area contributed by atoms with Gasteiger partial charge in [0.15, 0.2) is 11.6 Å². The van der Waals surface area contributed by atoms with E-state index in [-0.39, 0.29) is 42.8 Å². The first-order valence-electron chi connectivity index (χ1n) is 11.7. The van der Waals surface area contributed by atoms with Gasteiger partial charge in [-0.05, 0) is 36.1 Å². The third-order valence-electron chi connectivity index (χ3n) is 6.12. The van der Waals surface area contributed by atoms with Crippen molar-refractivity contribution in [3.63, 3.8) is 0 Å². The minimum atomic E-state index is -1.07. The Bertz CT molecular complexity index is 1230. The zero-order chi connectivity index (χ0) is 26.9. The van der Waals surface area contributed by atoms with Crippen molar-refractivity contribution in [2.75, 3.05) is 21.3 Å². The summed E-state index contributed by atoms with van der Waals surface area (Å²) >= 11 is 5.94. The molecule has 0 saturated carbocycles. The van der Waals surface area contributed by atoms with Gasteiger partial charge in [-0.2, -0.15) is 0 Å². The second-order valence-corrected chi connectivity index (χ2v) is 8.91. The highest BCUT2D eigenvalue weighted by Crippen LogP contribution is 2.35. The predicted molar refractivity (Wildman–Crippen MR) is 141 cm³/mol.